The monoisotopic (exact) mass is 1390 g/mol. The van der Waals surface area contributed by atoms with Crippen LogP contribution in [0.25, 0.3) is 20.2 Å². The standard InChI is InChI=1S/C91H60B3N5O4S2/c1-54-42-55(2)87(56(3)43-54)99-74-53-77-71(51-69(74)94-85-75(99)45-64(97(59-30-14-6-15-31-59)60-32-16-7-17-33-60)47-79(85)103-89-67-39-23-25-41-83(67)105-91(89)94)92-70-50-68-72(52-76(70)100-80-48-65(49-81(101-77)86(80)92)98(61-34-18-8-19-35-61)62-36-20-9-21-37-62)95-73-44-63(96(57-26-10-4-11-27-57)58-28-12-5-13-29-58)46-78-84(73)93(68)90-88(102-78)66-38-22-24-40-82(66)104-90/h4-53,95H,1-3H3/i44D,45D,46D,47D,48D,49D. The fourth-order valence-corrected chi connectivity index (χ4v) is 19.5. The summed E-state index contributed by atoms with van der Waals surface area (Å²) in [7, 11) is 0. The number of rotatable bonds is 10. The second-order valence-electron chi connectivity index (χ2n) is 27.5. The highest BCUT2D eigenvalue weighted by Crippen LogP contribution is 2.52. The van der Waals surface area contributed by atoms with E-state index in [1.807, 2.05) is 227 Å². The first-order valence-electron chi connectivity index (χ1n) is 38.3. The smallest absolute Gasteiger partial charge is 0.268 e. The Balaban J connectivity index is 0.835. The van der Waals surface area contributed by atoms with E-state index in [2.05, 4.69) is 85.6 Å². The number of fused-ring (bicyclic) bond motifs is 16. The van der Waals surface area contributed by atoms with Crippen molar-refractivity contribution < 1.29 is 27.2 Å². The molecule has 0 amide bonds. The number of thiophene rings is 2. The van der Waals surface area contributed by atoms with E-state index in [1.165, 1.54) is 0 Å². The molecule has 14 heteroatoms. The third-order valence-electron chi connectivity index (χ3n) is 21.2. The maximum atomic E-state index is 11.2. The molecular formula is C91H60B3N5O4S2. The number of hydrogen-bond acceptors (Lipinski definition) is 11. The molecule has 0 saturated heterocycles. The van der Waals surface area contributed by atoms with Crippen LogP contribution in [0.15, 0.2) is 303 Å². The maximum Gasteiger partial charge on any atom is 0.268 e. The Labute approximate surface area is 625 Å². The number of nitrogens with zero attached hydrogens (tertiary/aromatic N) is 4. The number of aryl methyl sites for hydroxylation is 3. The number of ether oxygens (including phenoxy) is 4. The molecule has 1 N–H and O–H groups in total. The highest BCUT2D eigenvalue weighted by Gasteiger charge is 2.50. The molecular weight excluding hydrogens is 1320 g/mol. The van der Waals surface area contributed by atoms with Crippen LogP contribution in [0.3, 0.4) is 0 Å². The van der Waals surface area contributed by atoms with E-state index in [-0.39, 0.29) is 53.4 Å². The molecule has 494 valence electrons. The number of benzene rings is 14. The lowest BCUT2D eigenvalue weighted by atomic mass is 9.31. The van der Waals surface area contributed by atoms with Crippen molar-refractivity contribution in [2.24, 2.45) is 0 Å². The van der Waals surface area contributed by atoms with Crippen LogP contribution >= 0.6 is 22.7 Å². The largest absolute Gasteiger partial charge is 0.458 e. The van der Waals surface area contributed by atoms with Gasteiger partial charge >= 0.3 is 0 Å². The highest BCUT2D eigenvalue weighted by atomic mass is 32.1. The van der Waals surface area contributed by atoms with Gasteiger partial charge in [0.15, 0.2) is 0 Å². The van der Waals surface area contributed by atoms with Crippen molar-refractivity contribution in [1.29, 1.82) is 0 Å². The van der Waals surface area contributed by atoms with E-state index in [0.29, 0.717) is 79.3 Å². The van der Waals surface area contributed by atoms with E-state index < -0.39 is 20.1 Å². The molecule has 0 spiro atoms. The van der Waals surface area contributed by atoms with Crippen LogP contribution in [-0.2, 0) is 0 Å². The molecule has 2 aromatic heterocycles. The van der Waals surface area contributed by atoms with Crippen molar-refractivity contribution in [2.45, 2.75) is 20.8 Å². The van der Waals surface area contributed by atoms with Gasteiger partial charge < -0.3 is 43.9 Å². The fraction of sp³-hybridized carbons (Fsp3) is 0.0330. The summed E-state index contributed by atoms with van der Waals surface area (Å²) in [6.45, 7) is 4.38. The molecule has 0 saturated carbocycles. The average molecular weight is 1390 g/mol. The van der Waals surface area contributed by atoms with E-state index in [4.69, 9.17) is 18.9 Å². The Bertz CT molecular complexity index is 6550. The van der Waals surface area contributed by atoms with Gasteiger partial charge in [0, 0.05) is 128 Å². The van der Waals surface area contributed by atoms with E-state index in [0.717, 1.165) is 114 Å². The van der Waals surface area contributed by atoms with E-state index in [1.54, 1.807) is 22.7 Å². The van der Waals surface area contributed by atoms with Gasteiger partial charge in [0.1, 0.15) is 46.0 Å². The van der Waals surface area contributed by atoms with Gasteiger partial charge in [-0.25, -0.2) is 0 Å². The first-order chi connectivity index (χ1) is 54.3. The molecule has 0 aliphatic carbocycles. The summed E-state index contributed by atoms with van der Waals surface area (Å²) in [5.41, 5.74) is 16.9. The zero-order valence-corrected chi connectivity index (χ0v) is 58.5. The Morgan fingerprint density at radius 1 is 0.333 bits per heavy atom. The molecule has 14 aromatic carbocycles. The number of para-hydroxylation sites is 6. The van der Waals surface area contributed by atoms with Crippen LogP contribution in [0.5, 0.6) is 46.0 Å². The molecule has 6 aliphatic rings. The fourth-order valence-electron chi connectivity index (χ4n) is 17.0. The molecule has 0 radical (unpaired) electrons. The van der Waals surface area contributed by atoms with Gasteiger partial charge in [-0.3, -0.25) is 0 Å². The summed E-state index contributed by atoms with van der Waals surface area (Å²) in [5.74, 6) is 3.34. The Kier molecular flexibility index (Phi) is 12.0. The molecule has 0 unspecified atom stereocenters. The Morgan fingerprint density at radius 2 is 0.724 bits per heavy atom. The SMILES string of the molecule is [2H]c1c2c3c(c([2H])c1N(c1ccccc1)c1ccccc1)Oc1c(sc4ccccc14)B3c1cc3c(cc1N2)Oc1c([2H])c(N(c2ccccc2)c2ccccc2)c([2H])c2c1B3c1cc3c(cc1O2)N(c1c(C)cc(C)cc1C)c1c([2H])c(N(c2ccccc2)c2ccccc2)c([2H])c2c1B3c1sc3ccccc3c1O2. The predicted octanol–water partition coefficient (Wildman–Crippen LogP) is 19.3. The summed E-state index contributed by atoms with van der Waals surface area (Å²) >= 11 is 3.29. The topological polar surface area (TPSA) is 61.9 Å². The minimum Gasteiger partial charge on any atom is -0.458 e. The zero-order valence-electron chi connectivity index (χ0n) is 62.9. The average Bonchev–Trinajstić information content (AvgIpc) is 1.64. The Hall–Kier alpha value is -12.6. The number of anilines is 14. The number of hydrogen-bond donors (Lipinski definition) is 1. The first-order valence-corrected chi connectivity index (χ1v) is 36.9. The third-order valence-corrected chi connectivity index (χ3v) is 23.6. The molecule has 16 aromatic rings. The molecule has 0 atom stereocenters. The first kappa shape index (κ1) is 54.1. The van der Waals surface area contributed by atoms with Gasteiger partial charge in [0.2, 0.25) is 0 Å². The normalized spacial score (nSPS) is 14.0. The summed E-state index contributed by atoms with van der Waals surface area (Å²) in [6.07, 6.45) is 0. The summed E-state index contributed by atoms with van der Waals surface area (Å²) in [4.78, 5) is 8.14. The summed E-state index contributed by atoms with van der Waals surface area (Å²) in [6, 6.07) is 89.1. The van der Waals surface area contributed by atoms with Gasteiger partial charge in [0.25, 0.3) is 20.1 Å². The van der Waals surface area contributed by atoms with Gasteiger partial charge in [0.05, 0.1) is 31.0 Å². The maximum absolute atomic E-state index is 11.2. The highest BCUT2D eigenvalue weighted by molar-refractivity contribution is 7.34. The van der Waals surface area contributed by atoms with Crippen molar-refractivity contribution >= 4 is 190 Å². The zero-order chi connectivity index (χ0) is 74.5. The quantitative estimate of drug-likeness (QED) is 0.135. The van der Waals surface area contributed by atoms with Gasteiger partial charge in [-0.05, 0) is 174 Å². The summed E-state index contributed by atoms with van der Waals surface area (Å²) < 4.78 is 98.7. The minimum atomic E-state index is -0.777. The molecule has 0 fully saturated rings. The van der Waals surface area contributed by atoms with Crippen LogP contribution in [0, 0.1) is 20.8 Å². The molecule has 22 rings (SSSR count). The second kappa shape index (κ2) is 23.2. The van der Waals surface area contributed by atoms with Gasteiger partial charge in [-0.2, -0.15) is 0 Å². The van der Waals surface area contributed by atoms with Gasteiger partial charge in [-0.1, -0.05) is 163 Å². The van der Waals surface area contributed by atoms with Crippen molar-refractivity contribution in [3.8, 4) is 46.0 Å². The van der Waals surface area contributed by atoms with Crippen molar-refractivity contribution in [3.05, 3.63) is 320 Å². The third kappa shape index (κ3) is 9.22. The minimum absolute atomic E-state index is 0.0219. The van der Waals surface area contributed by atoms with Crippen molar-refractivity contribution in [1.82, 2.24) is 0 Å². The van der Waals surface area contributed by atoms with E-state index in [9.17, 15) is 8.22 Å². The van der Waals surface area contributed by atoms with Crippen molar-refractivity contribution in [2.75, 3.05) is 24.9 Å². The van der Waals surface area contributed by atoms with Crippen LogP contribution in [0.4, 0.5) is 79.6 Å². The predicted molar refractivity (Wildman–Crippen MR) is 440 cm³/mol. The van der Waals surface area contributed by atoms with E-state index >= 15 is 0 Å². The van der Waals surface area contributed by atoms with Crippen LogP contribution < -0.4 is 91.7 Å². The van der Waals surface area contributed by atoms with Crippen LogP contribution in [0.2, 0.25) is 0 Å². The lowest BCUT2D eigenvalue weighted by Crippen LogP contribution is -2.63. The molecule has 8 heterocycles. The lowest BCUT2D eigenvalue weighted by Gasteiger charge is -2.43. The van der Waals surface area contributed by atoms with Crippen LogP contribution in [0.1, 0.15) is 24.9 Å². The molecule has 6 aliphatic heterocycles. The van der Waals surface area contributed by atoms with Gasteiger partial charge in [-0.15, -0.1) is 22.7 Å². The second-order valence-corrected chi connectivity index (χ2v) is 29.7. The molecule has 0 bridgehead atoms. The lowest BCUT2D eigenvalue weighted by molar-refractivity contribution is 0.465. The summed E-state index contributed by atoms with van der Waals surface area (Å²) in [5, 5.41) is 5.66. The molecule has 9 nitrogen and oxygen atoms in total. The number of nitrogens with one attached hydrogen (secondary N) is 1. The van der Waals surface area contributed by atoms with Crippen molar-refractivity contribution in [3.63, 3.8) is 0 Å². The molecule has 105 heavy (non-hydrogen) atoms. The Morgan fingerprint density at radius 3 is 1.20 bits per heavy atom. The van der Waals surface area contributed by atoms with Crippen LogP contribution in [-0.4, -0.2) is 20.1 Å².